The number of imide groups is 2. The lowest BCUT2D eigenvalue weighted by Gasteiger charge is -2.32. The molecule has 1 heterocycles. The van der Waals surface area contributed by atoms with Crippen LogP contribution in [0.3, 0.4) is 0 Å². The third-order valence-electron chi connectivity index (χ3n) is 16.8. The number of carbonyl (C=O) groups excluding carboxylic acids is 4. The van der Waals surface area contributed by atoms with Crippen LogP contribution in [0.4, 0.5) is 11.4 Å². The number of rotatable bonds is 8. The number of amides is 4. The summed E-state index contributed by atoms with van der Waals surface area (Å²) in [6.07, 6.45) is 0.688. The fourth-order valence-corrected chi connectivity index (χ4v) is 13.6. The molecule has 0 aromatic heterocycles. The normalized spacial score (nSPS) is 13.5. The van der Waals surface area contributed by atoms with E-state index in [9.17, 15) is 19.2 Å². The molecule has 1 aliphatic heterocycles. The number of para-hydroxylation sites is 2. The van der Waals surface area contributed by atoms with Crippen LogP contribution in [0, 0.1) is 0 Å². The number of anilines is 2. The first kappa shape index (κ1) is 44.2. The molecule has 0 atom stereocenters. The Morgan fingerprint density at radius 1 is 0.378 bits per heavy atom. The Morgan fingerprint density at radius 2 is 0.689 bits per heavy atom. The van der Waals surface area contributed by atoms with Crippen LogP contribution in [0.15, 0.2) is 140 Å². The van der Waals surface area contributed by atoms with Crippen molar-refractivity contribution < 1.29 is 19.2 Å². The van der Waals surface area contributed by atoms with Crippen molar-refractivity contribution in [3.8, 4) is 0 Å². The first-order valence-electron chi connectivity index (χ1n) is 26.1. The topological polar surface area (TPSA) is 74.8 Å². The van der Waals surface area contributed by atoms with Crippen LogP contribution in [-0.4, -0.2) is 24.1 Å². The minimum atomic E-state index is -0.341. The highest BCUT2D eigenvalue weighted by molar-refractivity contribution is 6.48. The zero-order chi connectivity index (χ0) is 50.9. The molecule has 13 aromatic carbocycles. The monoisotopic (exact) mass is 960 g/mol. The van der Waals surface area contributed by atoms with Gasteiger partial charge in [0, 0.05) is 22.1 Å². The van der Waals surface area contributed by atoms with Gasteiger partial charge >= 0.3 is 0 Å². The lowest BCUT2D eigenvalue weighted by molar-refractivity contribution is -0.107. The van der Waals surface area contributed by atoms with Crippen molar-refractivity contribution in [2.75, 3.05) is 9.80 Å². The van der Waals surface area contributed by atoms with E-state index < -0.39 is 0 Å². The average Bonchev–Trinajstić information content (AvgIpc) is 3.45. The highest BCUT2D eigenvalue weighted by Gasteiger charge is 2.38. The van der Waals surface area contributed by atoms with Crippen LogP contribution in [0.2, 0.25) is 0 Å². The van der Waals surface area contributed by atoms with Gasteiger partial charge in [-0.05, 0) is 166 Å². The van der Waals surface area contributed by atoms with Crippen molar-refractivity contribution in [2.45, 2.75) is 79.1 Å². The quantitative estimate of drug-likeness (QED) is 0.0658. The van der Waals surface area contributed by atoms with Crippen molar-refractivity contribution in [3.63, 3.8) is 0 Å². The van der Waals surface area contributed by atoms with Gasteiger partial charge in [0.1, 0.15) is 0 Å². The summed E-state index contributed by atoms with van der Waals surface area (Å²) >= 11 is 0. The predicted octanol–water partition coefficient (Wildman–Crippen LogP) is 17.6. The van der Waals surface area contributed by atoms with E-state index in [1.54, 1.807) is 0 Å². The van der Waals surface area contributed by atoms with Gasteiger partial charge < -0.3 is 0 Å². The smallest absolute Gasteiger partial charge is 0.266 e. The van der Waals surface area contributed by atoms with Crippen LogP contribution in [0.5, 0.6) is 0 Å². The summed E-state index contributed by atoms with van der Waals surface area (Å²) in [7, 11) is 0. The van der Waals surface area contributed by atoms with Crippen molar-refractivity contribution >= 4 is 143 Å². The van der Waals surface area contributed by atoms with Gasteiger partial charge in [-0.25, -0.2) is 9.80 Å². The van der Waals surface area contributed by atoms with Crippen LogP contribution in [-0.2, 0) is 4.79 Å². The fourth-order valence-electron chi connectivity index (χ4n) is 13.6. The number of hydrogen-bond acceptors (Lipinski definition) is 4. The first-order chi connectivity index (χ1) is 35.8. The predicted molar refractivity (Wildman–Crippen MR) is 308 cm³/mol. The summed E-state index contributed by atoms with van der Waals surface area (Å²) in [5.41, 5.74) is 6.88. The number of hydrogen-bond donors (Lipinski definition) is 0. The Kier molecular flexibility index (Phi) is 9.28. The maximum Gasteiger partial charge on any atom is 0.266 e. The van der Waals surface area contributed by atoms with Gasteiger partial charge in [0.15, 0.2) is 0 Å². The van der Waals surface area contributed by atoms with E-state index in [-0.39, 0.29) is 41.4 Å². The van der Waals surface area contributed by atoms with Crippen LogP contribution in [0.25, 0.3) is 108 Å². The van der Waals surface area contributed by atoms with Gasteiger partial charge in [-0.3, -0.25) is 19.2 Å². The molecule has 0 bridgehead atoms. The zero-order valence-electron chi connectivity index (χ0n) is 42.7. The minimum absolute atomic E-state index is 0.104. The summed E-state index contributed by atoms with van der Waals surface area (Å²) < 4.78 is 0. The van der Waals surface area contributed by atoms with Gasteiger partial charge in [0.05, 0.1) is 11.4 Å². The van der Waals surface area contributed by atoms with E-state index in [4.69, 9.17) is 0 Å². The SMILES string of the molecule is CC(C)c1cccc(C(C)C)c1N(C=O)C(=O)c1ccc2c3ccc4c5ccc6c7ccc8c9c(ccc(c%10ccc(c%11ccc(c%12cccc1c%122)c3c%114)c5c%106)c97)C(=O)N(c1c(C(C)C)cccc1C(C)C)C8=O. The molecule has 14 rings (SSSR count). The maximum absolute atomic E-state index is 14.9. The molecule has 0 radical (unpaired) electrons. The molecule has 74 heavy (non-hydrogen) atoms. The second-order valence-electron chi connectivity index (χ2n) is 22.0. The standard InChI is InChI=1S/C68H52N2O4/c1-33(2)37-12-9-13-38(34(3)4)64(37)69(32-71)66(72)54-29-26-43-45-19-21-47-49-23-25-51-53-28-31-56-63-55(67(73)70(68(56)74)65-39(35(5)6)14-10-15-40(65)36(7)8)30-27-52(62(53)63)50-24-22-48(60(49)61(50)51)46-20-18-44(58(45)59(46)47)41-16-11-17-42(54)57(41)43/h9-36H,1-8H3. The molecule has 358 valence electrons. The third kappa shape index (κ3) is 5.60. The molecular weight excluding hydrogens is 909 g/mol. The molecule has 13 aromatic rings. The first-order valence-corrected chi connectivity index (χ1v) is 26.1. The number of nitrogens with zero attached hydrogens (tertiary/aromatic N) is 2. The van der Waals surface area contributed by atoms with Gasteiger partial charge in [-0.2, -0.15) is 0 Å². The lowest BCUT2D eigenvalue weighted by atomic mass is 9.80. The molecule has 0 spiro atoms. The molecule has 6 heteroatoms. The molecule has 0 fully saturated rings. The second kappa shape index (κ2) is 15.5. The number of benzene rings is 13. The fraction of sp³-hybridized carbons (Fsp3) is 0.176. The Bertz CT molecular complexity index is 4430. The van der Waals surface area contributed by atoms with Crippen LogP contribution < -0.4 is 9.80 Å². The summed E-state index contributed by atoms with van der Waals surface area (Å²) in [5, 5.41) is 21.5. The minimum Gasteiger partial charge on any atom is -0.278 e. The molecule has 4 amide bonds. The van der Waals surface area contributed by atoms with Crippen LogP contribution >= 0.6 is 0 Å². The molecule has 1 aliphatic rings. The van der Waals surface area contributed by atoms with E-state index in [0.29, 0.717) is 34.5 Å². The van der Waals surface area contributed by atoms with Crippen molar-refractivity contribution in [3.05, 3.63) is 178 Å². The summed E-state index contributed by atoms with van der Waals surface area (Å²) in [5.74, 6) is -0.480. The Morgan fingerprint density at radius 3 is 1.08 bits per heavy atom. The van der Waals surface area contributed by atoms with E-state index in [0.717, 1.165) is 97.7 Å². The highest BCUT2D eigenvalue weighted by Crippen LogP contribution is 2.52. The molecule has 0 unspecified atom stereocenters. The van der Waals surface area contributed by atoms with E-state index in [1.807, 2.05) is 66.7 Å². The molecule has 0 saturated heterocycles. The number of fused-ring (bicyclic) bond motifs is 6. The Balaban J connectivity index is 0.970. The maximum atomic E-state index is 14.9. The van der Waals surface area contributed by atoms with Crippen molar-refractivity contribution in [1.82, 2.24) is 0 Å². The summed E-state index contributed by atoms with van der Waals surface area (Å²) in [6, 6.07) is 48.6. The molecule has 6 nitrogen and oxygen atoms in total. The van der Waals surface area contributed by atoms with Gasteiger partial charge in [-0.1, -0.05) is 177 Å². The zero-order valence-corrected chi connectivity index (χ0v) is 42.7. The van der Waals surface area contributed by atoms with E-state index >= 15 is 0 Å². The van der Waals surface area contributed by atoms with Crippen molar-refractivity contribution in [1.29, 1.82) is 0 Å². The highest BCUT2D eigenvalue weighted by atomic mass is 16.2. The van der Waals surface area contributed by atoms with Crippen molar-refractivity contribution in [2.24, 2.45) is 0 Å². The van der Waals surface area contributed by atoms with Crippen LogP contribution in [0.1, 0.15) is 132 Å². The second-order valence-corrected chi connectivity index (χ2v) is 22.0. The van der Waals surface area contributed by atoms with Gasteiger partial charge in [0.2, 0.25) is 6.41 Å². The van der Waals surface area contributed by atoms with Gasteiger partial charge in [0.25, 0.3) is 17.7 Å². The van der Waals surface area contributed by atoms with E-state index in [2.05, 4.69) is 128 Å². The van der Waals surface area contributed by atoms with Gasteiger partial charge in [-0.15, -0.1) is 0 Å². The molecule has 0 saturated carbocycles. The summed E-state index contributed by atoms with van der Waals surface area (Å²) in [4.78, 5) is 60.7. The Labute approximate surface area is 427 Å². The number of carbonyl (C=O) groups is 4. The third-order valence-corrected chi connectivity index (χ3v) is 16.8. The summed E-state index contributed by atoms with van der Waals surface area (Å²) in [6.45, 7) is 16.8. The molecular formula is C68H52N2O4. The van der Waals surface area contributed by atoms with E-state index in [1.165, 1.54) is 42.1 Å². The lowest BCUT2D eigenvalue weighted by Crippen LogP contribution is -2.41. The largest absolute Gasteiger partial charge is 0.278 e. The average molecular weight is 961 g/mol. The molecule has 0 aliphatic carbocycles. The molecule has 0 N–H and O–H groups in total. The Hall–Kier alpha value is -8.48.